The van der Waals surface area contributed by atoms with E-state index >= 15 is 0 Å². The highest BCUT2D eigenvalue weighted by atomic mass is 15.3. The molecule has 3 nitrogen and oxygen atoms in total. The number of rotatable bonds is 1. The first kappa shape index (κ1) is 10.5. The van der Waals surface area contributed by atoms with Gasteiger partial charge in [0.05, 0.1) is 23.6 Å². The van der Waals surface area contributed by atoms with E-state index in [0.717, 1.165) is 23.2 Å². The van der Waals surface area contributed by atoms with Gasteiger partial charge >= 0.3 is 0 Å². The zero-order valence-corrected chi connectivity index (χ0v) is 9.90. The van der Waals surface area contributed by atoms with Crippen molar-refractivity contribution in [2.45, 2.75) is 46.1 Å². The highest BCUT2D eigenvalue weighted by molar-refractivity contribution is 5.39. The van der Waals surface area contributed by atoms with E-state index in [2.05, 4.69) is 30.6 Å². The third-order valence-corrected chi connectivity index (χ3v) is 3.58. The van der Waals surface area contributed by atoms with E-state index in [1.54, 1.807) is 6.20 Å². The first-order valence-corrected chi connectivity index (χ1v) is 5.87. The molecule has 0 bridgehead atoms. The molecule has 1 aliphatic carbocycles. The molecule has 2 atom stereocenters. The van der Waals surface area contributed by atoms with E-state index in [9.17, 15) is 0 Å². The van der Waals surface area contributed by atoms with Crippen LogP contribution in [0, 0.1) is 18.8 Å². The minimum Gasteiger partial charge on any atom is -0.396 e. The van der Waals surface area contributed by atoms with Crippen LogP contribution in [0.4, 0.5) is 5.69 Å². The van der Waals surface area contributed by atoms with Crippen LogP contribution >= 0.6 is 0 Å². The van der Waals surface area contributed by atoms with Crippen LogP contribution in [-0.2, 0) is 0 Å². The second-order valence-corrected chi connectivity index (χ2v) is 5.20. The molecule has 2 rings (SSSR count). The van der Waals surface area contributed by atoms with Crippen LogP contribution in [0.2, 0.25) is 0 Å². The van der Waals surface area contributed by atoms with Gasteiger partial charge in [-0.15, -0.1) is 0 Å². The first-order valence-electron chi connectivity index (χ1n) is 5.87. The quantitative estimate of drug-likeness (QED) is 0.769. The van der Waals surface area contributed by atoms with Crippen LogP contribution in [0.5, 0.6) is 0 Å². The Morgan fingerprint density at radius 3 is 2.33 bits per heavy atom. The Hall–Kier alpha value is -0.990. The molecule has 0 amide bonds. The molecule has 84 valence electrons. The zero-order chi connectivity index (χ0) is 11.0. The Morgan fingerprint density at radius 2 is 1.87 bits per heavy atom. The Bertz CT molecular complexity index is 333. The number of aromatic nitrogens is 2. The lowest BCUT2D eigenvalue weighted by molar-refractivity contribution is 0.208. The Balaban J connectivity index is 2.20. The summed E-state index contributed by atoms with van der Waals surface area (Å²) in [4.78, 5) is 0. The summed E-state index contributed by atoms with van der Waals surface area (Å²) in [6, 6.07) is 0.557. The first-order chi connectivity index (χ1) is 7.08. The van der Waals surface area contributed by atoms with Crippen LogP contribution in [-0.4, -0.2) is 9.78 Å². The molecule has 2 N–H and O–H groups in total. The number of hydrogen-bond acceptors (Lipinski definition) is 2. The summed E-state index contributed by atoms with van der Waals surface area (Å²) in [6.45, 7) is 6.74. The number of nitrogen functional groups attached to an aromatic ring is 1. The SMILES string of the molecule is Cc1c(N)cnn1C1CC(C)CC(C)C1. The zero-order valence-electron chi connectivity index (χ0n) is 9.90. The number of anilines is 1. The fraction of sp³-hybridized carbons (Fsp3) is 0.750. The summed E-state index contributed by atoms with van der Waals surface area (Å²) in [5, 5.41) is 4.40. The molecule has 1 aromatic heterocycles. The molecular formula is C12H21N3. The van der Waals surface area contributed by atoms with Gasteiger partial charge in [0.2, 0.25) is 0 Å². The Morgan fingerprint density at radius 1 is 1.27 bits per heavy atom. The molecular weight excluding hydrogens is 186 g/mol. The standard InChI is InChI=1S/C12H21N3/c1-8-4-9(2)6-11(5-8)15-10(3)12(13)7-14-15/h7-9,11H,4-6,13H2,1-3H3. The third kappa shape index (κ3) is 2.01. The molecule has 15 heavy (non-hydrogen) atoms. The monoisotopic (exact) mass is 207 g/mol. The number of hydrogen-bond donors (Lipinski definition) is 1. The molecule has 1 heterocycles. The number of nitrogens with two attached hydrogens (primary N) is 1. The van der Waals surface area contributed by atoms with Crippen LogP contribution in [0.1, 0.15) is 44.8 Å². The lowest BCUT2D eigenvalue weighted by Crippen LogP contribution is -2.24. The molecule has 0 radical (unpaired) electrons. The van der Waals surface area contributed by atoms with Crippen LogP contribution in [0.3, 0.4) is 0 Å². The minimum atomic E-state index is 0.557. The third-order valence-electron chi connectivity index (χ3n) is 3.58. The molecule has 0 aromatic carbocycles. The van der Waals surface area contributed by atoms with Crippen LogP contribution in [0.25, 0.3) is 0 Å². The van der Waals surface area contributed by atoms with E-state index in [1.807, 2.05) is 0 Å². The summed E-state index contributed by atoms with van der Waals surface area (Å²) in [7, 11) is 0. The van der Waals surface area contributed by atoms with Crippen molar-refractivity contribution >= 4 is 5.69 Å². The van der Waals surface area contributed by atoms with Crippen molar-refractivity contribution in [3.05, 3.63) is 11.9 Å². The predicted molar refractivity (Wildman–Crippen MR) is 62.6 cm³/mol. The lowest BCUT2D eigenvalue weighted by atomic mass is 9.80. The maximum Gasteiger partial charge on any atom is 0.0730 e. The van der Waals surface area contributed by atoms with Gasteiger partial charge in [-0.05, 0) is 38.0 Å². The van der Waals surface area contributed by atoms with E-state index in [4.69, 9.17) is 5.73 Å². The van der Waals surface area contributed by atoms with E-state index in [1.165, 1.54) is 19.3 Å². The Kier molecular flexibility index (Phi) is 2.72. The summed E-state index contributed by atoms with van der Waals surface area (Å²) < 4.78 is 2.13. The highest BCUT2D eigenvalue weighted by Gasteiger charge is 2.26. The maximum absolute atomic E-state index is 5.83. The molecule has 0 aliphatic heterocycles. The van der Waals surface area contributed by atoms with Crippen molar-refractivity contribution in [1.82, 2.24) is 9.78 Å². The van der Waals surface area contributed by atoms with Crippen molar-refractivity contribution in [2.24, 2.45) is 11.8 Å². The van der Waals surface area contributed by atoms with Gasteiger partial charge in [-0.25, -0.2) is 0 Å². The van der Waals surface area contributed by atoms with Gasteiger partial charge < -0.3 is 5.73 Å². The normalized spacial score (nSPS) is 31.8. The average molecular weight is 207 g/mol. The van der Waals surface area contributed by atoms with E-state index in [0.29, 0.717) is 6.04 Å². The maximum atomic E-state index is 5.83. The summed E-state index contributed by atoms with van der Waals surface area (Å²) >= 11 is 0. The molecule has 2 unspecified atom stereocenters. The average Bonchev–Trinajstić information content (AvgIpc) is 2.46. The molecule has 0 spiro atoms. The summed E-state index contributed by atoms with van der Waals surface area (Å²) in [5.74, 6) is 1.62. The van der Waals surface area contributed by atoms with Crippen molar-refractivity contribution in [3.63, 3.8) is 0 Å². The molecule has 3 heteroatoms. The second kappa shape index (κ2) is 3.87. The van der Waals surface area contributed by atoms with Crippen LogP contribution < -0.4 is 5.73 Å². The predicted octanol–water partition coefficient (Wildman–Crippen LogP) is 2.77. The summed E-state index contributed by atoms with van der Waals surface area (Å²) in [6.07, 6.45) is 5.62. The van der Waals surface area contributed by atoms with Gasteiger partial charge in [0.25, 0.3) is 0 Å². The van der Waals surface area contributed by atoms with Crippen molar-refractivity contribution in [1.29, 1.82) is 0 Å². The highest BCUT2D eigenvalue weighted by Crippen LogP contribution is 2.36. The van der Waals surface area contributed by atoms with Gasteiger partial charge in [0, 0.05) is 0 Å². The van der Waals surface area contributed by atoms with Gasteiger partial charge in [-0.1, -0.05) is 13.8 Å². The van der Waals surface area contributed by atoms with E-state index < -0.39 is 0 Å². The van der Waals surface area contributed by atoms with Crippen molar-refractivity contribution in [2.75, 3.05) is 5.73 Å². The largest absolute Gasteiger partial charge is 0.396 e. The minimum absolute atomic E-state index is 0.557. The smallest absolute Gasteiger partial charge is 0.0730 e. The lowest BCUT2D eigenvalue weighted by Gasteiger charge is -2.32. The molecule has 1 fully saturated rings. The Labute approximate surface area is 91.7 Å². The van der Waals surface area contributed by atoms with Gasteiger partial charge in [0.1, 0.15) is 0 Å². The molecule has 1 aliphatic rings. The van der Waals surface area contributed by atoms with E-state index in [-0.39, 0.29) is 0 Å². The topological polar surface area (TPSA) is 43.8 Å². The van der Waals surface area contributed by atoms with Gasteiger partial charge in [0.15, 0.2) is 0 Å². The van der Waals surface area contributed by atoms with Crippen molar-refractivity contribution < 1.29 is 0 Å². The number of nitrogens with zero attached hydrogens (tertiary/aromatic N) is 2. The molecule has 1 aromatic rings. The fourth-order valence-electron chi connectivity index (χ4n) is 2.91. The van der Waals surface area contributed by atoms with Crippen LogP contribution in [0.15, 0.2) is 6.20 Å². The van der Waals surface area contributed by atoms with Crippen molar-refractivity contribution in [3.8, 4) is 0 Å². The second-order valence-electron chi connectivity index (χ2n) is 5.20. The van der Waals surface area contributed by atoms with Gasteiger partial charge in [-0.3, -0.25) is 4.68 Å². The molecule has 1 saturated carbocycles. The summed E-state index contributed by atoms with van der Waals surface area (Å²) in [5.41, 5.74) is 7.78. The fourth-order valence-corrected chi connectivity index (χ4v) is 2.91. The van der Waals surface area contributed by atoms with Gasteiger partial charge in [-0.2, -0.15) is 5.10 Å². The molecule has 0 saturated heterocycles.